The number of hydrogen-bond acceptors (Lipinski definition) is 4. The highest BCUT2D eigenvalue weighted by Crippen LogP contribution is 2.18. The van der Waals surface area contributed by atoms with Crippen molar-refractivity contribution in [2.75, 3.05) is 6.54 Å². The maximum atomic E-state index is 11.6. The summed E-state index contributed by atoms with van der Waals surface area (Å²) in [5.74, 6) is 0. The Labute approximate surface area is 133 Å². The molecule has 1 aromatic heterocycles. The molecule has 0 aliphatic carbocycles. The number of nitrogens with zero attached hydrogens (tertiary/aromatic N) is 2. The van der Waals surface area contributed by atoms with Crippen LogP contribution in [0.3, 0.4) is 0 Å². The van der Waals surface area contributed by atoms with Crippen LogP contribution in [0.1, 0.15) is 57.6 Å². The lowest BCUT2D eigenvalue weighted by Crippen LogP contribution is -2.41. The van der Waals surface area contributed by atoms with Crippen molar-refractivity contribution in [1.29, 1.82) is 0 Å². The molecule has 0 saturated heterocycles. The molecule has 1 heterocycles. The standard InChI is InChI=1S/C16H30N4O2/c1-10(2)20-12(4)14(11(3)19-20)8-13(17)9-18-15(21)22-16(5,6)7/h10,13H,8-9,17H2,1-7H3,(H,18,21). The molecule has 1 aromatic rings. The van der Waals surface area contributed by atoms with Gasteiger partial charge in [0.05, 0.1) is 5.69 Å². The zero-order chi connectivity index (χ0) is 17.1. The smallest absolute Gasteiger partial charge is 0.407 e. The molecule has 0 aliphatic rings. The van der Waals surface area contributed by atoms with Gasteiger partial charge < -0.3 is 15.8 Å². The molecule has 22 heavy (non-hydrogen) atoms. The fraction of sp³-hybridized carbons (Fsp3) is 0.750. The number of hydrogen-bond donors (Lipinski definition) is 2. The minimum Gasteiger partial charge on any atom is -0.444 e. The molecule has 6 heteroatoms. The van der Waals surface area contributed by atoms with E-state index in [2.05, 4.69) is 31.2 Å². The minimum absolute atomic E-state index is 0.172. The molecular formula is C16H30N4O2. The van der Waals surface area contributed by atoms with Gasteiger partial charge in [0, 0.05) is 24.3 Å². The first-order chi connectivity index (χ1) is 10.0. The zero-order valence-electron chi connectivity index (χ0n) is 14.9. The number of ether oxygens (including phenoxy) is 1. The van der Waals surface area contributed by atoms with Crippen molar-refractivity contribution in [2.24, 2.45) is 5.73 Å². The fourth-order valence-electron chi connectivity index (χ4n) is 2.36. The van der Waals surface area contributed by atoms with Crippen LogP contribution in [0.25, 0.3) is 0 Å². The lowest BCUT2D eigenvalue weighted by molar-refractivity contribution is 0.0524. The van der Waals surface area contributed by atoms with Crippen molar-refractivity contribution in [3.63, 3.8) is 0 Å². The molecular weight excluding hydrogens is 280 g/mol. The van der Waals surface area contributed by atoms with Gasteiger partial charge in [-0.25, -0.2) is 4.79 Å². The summed E-state index contributed by atoms with van der Waals surface area (Å²) < 4.78 is 7.21. The van der Waals surface area contributed by atoms with E-state index in [9.17, 15) is 4.79 Å². The topological polar surface area (TPSA) is 82.2 Å². The molecule has 1 atom stereocenters. The fourth-order valence-corrected chi connectivity index (χ4v) is 2.36. The van der Waals surface area contributed by atoms with E-state index in [0.29, 0.717) is 19.0 Å². The van der Waals surface area contributed by atoms with Crippen LogP contribution in [0.4, 0.5) is 4.79 Å². The Bertz CT molecular complexity index is 515. The molecule has 0 fully saturated rings. The summed E-state index contributed by atoms with van der Waals surface area (Å²) in [6.07, 6.45) is 0.245. The lowest BCUT2D eigenvalue weighted by atomic mass is 10.0. The monoisotopic (exact) mass is 310 g/mol. The number of nitrogens with two attached hydrogens (primary N) is 1. The van der Waals surface area contributed by atoms with Crippen LogP contribution in [0.5, 0.6) is 0 Å². The second-order valence-corrected chi connectivity index (χ2v) is 7.03. The SMILES string of the molecule is Cc1nn(C(C)C)c(C)c1CC(N)CNC(=O)OC(C)(C)C. The number of carbonyl (C=O) groups excluding carboxylic acids is 1. The number of nitrogens with one attached hydrogen (secondary N) is 1. The molecule has 6 nitrogen and oxygen atoms in total. The number of amides is 1. The van der Waals surface area contributed by atoms with Crippen LogP contribution >= 0.6 is 0 Å². The Kier molecular flexibility index (Phi) is 6.00. The average molecular weight is 310 g/mol. The normalized spacial score (nSPS) is 13.3. The Hall–Kier alpha value is -1.56. The van der Waals surface area contributed by atoms with Crippen molar-refractivity contribution >= 4 is 6.09 Å². The third-order valence-corrected chi connectivity index (χ3v) is 3.34. The second kappa shape index (κ2) is 7.13. The Morgan fingerprint density at radius 3 is 2.41 bits per heavy atom. The Balaban J connectivity index is 2.59. The Morgan fingerprint density at radius 1 is 1.36 bits per heavy atom. The highest BCUT2D eigenvalue weighted by atomic mass is 16.6. The molecule has 0 aliphatic heterocycles. The number of aryl methyl sites for hydroxylation is 1. The van der Waals surface area contributed by atoms with Gasteiger partial charge in [-0.3, -0.25) is 4.68 Å². The molecule has 0 saturated carbocycles. The molecule has 0 spiro atoms. The van der Waals surface area contributed by atoms with Crippen LogP contribution in [-0.2, 0) is 11.2 Å². The lowest BCUT2D eigenvalue weighted by Gasteiger charge is -2.21. The quantitative estimate of drug-likeness (QED) is 0.875. The van der Waals surface area contributed by atoms with Gasteiger partial charge in [0.2, 0.25) is 0 Å². The first kappa shape index (κ1) is 18.5. The zero-order valence-corrected chi connectivity index (χ0v) is 14.9. The van der Waals surface area contributed by atoms with E-state index in [1.54, 1.807) is 0 Å². The van der Waals surface area contributed by atoms with Gasteiger partial charge in [-0.1, -0.05) is 0 Å². The number of aromatic nitrogens is 2. The van der Waals surface area contributed by atoms with E-state index in [1.165, 1.54) is 0 Å². The predicted octanol–water partition coefficient (Wildman–Crippen LogP) is 2.48. The van der Waals surface area contributed by atoms with Gasteiger partial charge >= 0.3 is 6.09 Å². The van der Waals surface area contributed by atoms with E-state index in [0.717, 1.165) is 17.0 Å². The Morgan fingerprint density at radius 2 is 1.95 bits per heavy atom. The first-order valence-electron chi connectivity index (χ1n) is 7.78. The maximum absolute atomic E-state index is 11.6. The van der Waals surface area contributed by atoms with Crippen molar-refractivity contribution in [1.82, 2.24) is 15.1 Å². The maximum Gasteiger partial charge on any atom is 0.407 e. The molecule has 0 radical (unpaired) electrons. The molecule has 3 N–H and O–H groups in total. The van der Waals surface area contributed by atoms with Crippen molar-refractivity contribution in [3.05, 3.63) is 17.0 Å². The van der Waals surface area contributed by atoms with Crippen LogP contribution in [0.15, 0.2) is 0 Å². The highest BCUT2D eigenvalue weighted by Gasteiger charge is 2.19. The van der Waals surface area contributed by atoms with Gasteiger partial charge in [0.25, 0.3) is 0 Å². The van der Waals surface area contributed by atoms with E-state index in [-0.39, 0.29) is 6.04 Å². The van der Waals surface area contributed by atoms with Crippen LogP contribution < -0.4 is 11.1 Å². The highest BCUT2D eigenvalue weighted by molar-refractivity contribution is 5.67. The van der Waals surface area contributed by atoms with Gasteiger partial charge in [-0.2, -0.15) is 5.10 Å². The molecule has 0 aromatic carbocycles. The summed E-state index contributed by atoms with van der Waals surface area (Å²) in [5.41, 5.74) is 8.93. The molecule has 126 valence electrons. The van der Waals surface area contributed by atoms with Crippen molar-refractivity contribution in [3.8, 4) is 0 Å². The van der Waals surface area contributed by atoms with Gasteiger partial charge in [0.1, 0.15) is 5.60 Å². The summed E-state index contributed by atoms with van der Waals surface area (Å²) >= 11 is 0. The van der Waals surface area contributed by atoms with E-state index < -0.39 is 11.7 Å². The first-order valence-corrected chi connectivity index (χ1v) is 7.78. The summed E-state index contributed by atoms with van der Waals surface area (Å²) in [4.78, 5) is 11.6. The van der Waals surface area contributed by atoms with Gasteiger partial charge in [-0.15, -0.1) is 0 Å². The number of carbonyl (C=O) groups is 1. The molecule has 0 bridgehead atoms. The van der Waals surface area contributed by atoms with E-state index in [1.807, 2.05) is 32.4 Å². The number of alkyl carbamates (subject to hydrolysis) is 1. The van der Waals surface area contributed by atoms with E-state index >= 15 is 0 Å². The summed E-state index contributed by atoms with van der Waals surface area (Å²) in [7, 11) is 0. The summed E-state index contributed by atoms with van der Waals surface area (Å²) in [6, 6.07) is 0.151. The minimum atomic E-state index is -0.500. The summed E-state index contributed by atoms with van der Waals surface area (Å²) in [5, 5.41) is 7.27. The molecule has 1 amide bonds. The third-order valence-electron chi connectivity index (χ3n) is 3.34. The van der Waals surface area contributed by atoms with Crippen molar-refractivity contribution < 1.29 is 9.53 Å². The average Bonchev–Trinajstić information content (AvgIpc) is 2.62. The predicted molar refractivity (Wildman–Crippen MR) is 88.0 cm³/mol. The van der Waals surface area contributed by atoms with Gasteiger partial charge in [-0.05, 0) is 60.5 Å². The van der Waals surface area contributed by atoms with E-state index in [4.69, 9.17) is 10.5 Å². The van der Waals surface area contributed by atoms with Gasteiger partial charge in [0.15, 0.2) is 0 Å². The second-order valence-electron chi connectivity index (χ2n) is 7.03. The van der Waals surface area contributed by atoms with Crippen LogP contribution in [-0.4, -0.2) is 34.1 Å². The molecule has 1 rings (SSSR count). The van der Waals surface area contributed by atoms with Crippen LogP contribution in [0.2, 0.25) is 0 Å². The van der Waals surface area contributed by atoms with Crippen molar-refractivity contribution in [2.45, 2.75) is 72.6 Å². The summed E-state index contributed by atoms with van der Waals surface area (Å²) in [6.45, 7) is 14.1. The number of rotatable bonds is 5. The molecule has 1 unspecified atom stereocenters. The van der Waals surface area contributed by atoms with Crippen LogP contribution in [0, 0.1) is 13.8 Å². The largest absolute Gasteiger partial charge is 0.444 e. The third kappa shape index (κ3) is 5.33.